The third kappa shape index (κ3) is 4.94. The Labute approximate surface area is 218 Å². The number of carbonyl (C=O) groups is 3. The van der Waals surface area contributed by atoms with Crippen molar-refractivity contribution in [3.8, 4) is 11.5 Å². The number of nitrogens with zero attached hydrogens (tertiary/aromatic N) is 1. The number of para-hydroxylation sites is 2. The standard InChI is InChI=1S/C27H22Cl2N2O5/c1-4-35-21-8-6-5-7-20(21)31-25(32)23(29)24(26(31)33)30-18-11-9-17(10-12-18)27(34)36-19-13-15(2)22(28)16(3)14-19/h5-14,30H,4H2,1-3H3. The van der Waals surface area contributed by atoms with Crippen molar-refractivity contribution < 1.29 is 23.9 Å². The summed E-state index contributed by atoms with van der Waals surface area (Å²) < 4.78 is 11.0. The van der Waals surface area contributed by atoms with Gasteiger partial charge in [0.2, 0.25) is 0 Å². The molecule has 0 bridgehead atoms. The summed E-state index contributed by atoms with van der Waals surface area (Å²) in [4.78, 5) is 39.5. The minimum Gasteiger partial charge on any atom is -0.492 e. The zero-order chi connectivity index (χ0) is 26.0. The SMILES string of the molecule is CCOc1ccccc1N1C(=O)C(Cl)=C(Nc2ccc(C(=O)Oc3cc(C)c(Cl)c(C)c3)cc2)C1=O. The van der Waals surface area contributed by atoms with Gasteiger partial charge in [0.05, 0.1) is 17.9 Å². The van der Waals surface area contributed by atoms with Gasteiger partial charge in [0.15, 0.2) is 0 Å². The second-order valence-electron chi connectivity index (χ2n) is 8.00. The topological polar surface area (TPSA) is 84.9 Å². The van der Waals surface area contributed by atoms with Gasteiger partial charge in [-0.1, -0.05) is 35.3 Å². The first kappa shape index (κ1) is 25.3. The predicted molar refractivity (Wildman–Crippen MR) is 139 cm³/mol. The largest absolute Gasteiger partial charge is 0.492 e. The predicted octanol–water partition coefficient (Wildman–Crippen LogP) is 6.01. The van der Waals surface area contributed by atoms with E-state index in [1.54, 1.807) is 55.5 Å². The van der Waals surface area contributed by atoms with Gasteiger partial charge >= 0.3 is 5.97 Å². The van der Waals surface area contributed by atoms with Crippen LogP contribution in [-0.4, -0.2) is 24.4 Å². The Bertz CT molecular complexity index is 1380. The van der Waals surface area contributed by atoms with Crippen molar-refractivity contribution in [2.24, 2.45) is 0 Å². The highest BCUT2D eigenvalue weighted by atomic mass is 35.5. The van der Waals surface area contributed by atoms with Gasteiger partial charge < -0.3 is 14.8 Å². The number of hydrogen-bond acceptors (Lipinski definition) is 6. The normalized spacial score (nSPS) is 13.3. The molecule has 0 atom stereocenters. The van der Waals surface area contributed by atoms with Gasteiger partial charge in [-0.25, -0.2) is 9.69 Å². The summed E-state index contributed by atoms with van der Waals surface area (Å²) in [5.41, 5.74) is 2.59. The molecular formula is C27H22Cl2N2O5. The maximum absolute atomic E-state index is 13.1. The van der Waals surface area contributed by atoms with E-state index in [9.17, 15) is 14.4 Å². The lowest BCUT2D eigenvalue weighted by atomic mass is 10.1. The van der Waals surface area contributed by atoms with E-state index in [0.717, 1.165) is 16.0 Å². The molecule has 9 heteroatoms. The third-order valence-corrected chi connectivity index (χ3v) is 6.39. The molecule has 0 aromatic heterocycles. The van der Waals surface area contributed by atoms with Crippen molar-refractivity contribution >= 4 is 52.4 Å². The molecule has 0 unspecified atom stereocenters. The monoisotopic (exact) mass is 524 g/mol. The van der Waals surface area contributed by atoms with E-state index >= 15 is 0 Å². The summed E-state index contributed by atoms with van der Waals surface area (Å²) in [5.74, 6) is -1.05. The van der Waals surface area contributed by atoms with Crippen molar-refractivity contribution in [2.45, 2.75) is 20.8 Å². The second kappa shape index (κ2) is 10.4. The zero-order valence-electron chi connectivity index (χ0n) is 19.7. The van der Waals surface area contributed by atoms with E-state index in [1.165, 1.54) is 12.1 Å². The quantitative estimate of drug-likeness (QED) is 0.231. The molecule has 1 heterocycles. The Kier molecular flexibility index (Phi) is 7.33. The summed E-state index contributed by atoms with van der Waals surface area (Å²) >= 11 is 12.4. The van der Waals surface area contributed by atoms with Gasteiger partial charge in [0, 0.05) is 10.7 Å². The molecule has 1 aliphatic rings. The van der Waals surface area contributed by atoms with Crippen LogP contribution in [0.3, 0.4) is 0 Å². The number of benzene rings is 3. The van der Waals surface area contributed by atoms with Crippen LogP contribution in [0, 0.1) is 13.8 Å². The van der Waals surface area contributed by atoms with Crippen LogP contribution in [-0.2, 0) is 9.59 Å². The van der Waals surface area contributed by atoms with Crippen molar-refractivity contribution in [2.75, 3.05) is 16.8 Å². The zero-order valence-corrected chi connectivity index (χ0v) is 21.2. The minimum atomic E-state index is -0.662. The molecule has 36 heavy (non-hydrogen) atoms. The molecule has 0 saturated carbocycles. The molecule has 3 aromatic rings. The molecule has 0 fully saturated rings. The summed E-state index contributed by atoms with van der Waals surface area (Å²) in [7, 11) is 0. The molecule has 1 aliphatic heterocycles. The highest BCUT2D eigenvalue weighted by Crippen LogP contribution is 2.35. The maximum Gasteiger partial charge on any atom is 0.343 e. The first-order valence-electron chi connectivity index (χ1n) is 11.1. The lowest BCUT2D eigenvalue weighted by molar-refractivity contribution is -0.120. The van der Waals surface area contributed by atoms with Crippen molar-refractivity contribution in [1.82, 2.24) is 0 Å². The van der Waals surface area contributed by atoms with Crippen LogP contribution in [0.15, 0.2) is 71.4 Å². The number of halogens is 2. The molecule has 0 radical (unpaired) electrons. The number of nitrogens with one attached hydrogen (secondary N) is 1. The van der Waals surface area contributed by atoms with E-state index in [4.69, 9.17) is 32.7 Å². The van der Waals surface area contributed by atoms with Crippen LogP contribution in [0.2, 0.25) is 5.02 Å². The molecule has 184 valence electrons. The molecule has 7 nitrogen and oxygen atoms in total. The Balaban J connectivity index is 1.50. The average molecular weight is 525 g/mol. The first-order valence-corrected chi connectivity index (χ1v) is 11.8. The van der Waals surface area contributed by atoms with Gasteiger partial charge in [0.25, 0.3) is 11.8 Å². The van der Waals surface area contributed by atoms with Crippen LogP contribution in [0.4, 0.5) is 11.4 Å². The van der Waals surface area contributed by atoms with Gasteiger partial charge in [-0.15, -0.1) is 0 Å². The number of carbonyl (C=O) groups excluding carboxylic acids is 3. The van der Waals surface area contributed by atoms with Crippen molar-refractivity contribution in [3.63, 3.8) is 0 Å². The Morgan fingerprint density at radius 1 is 0.944 bits per heavy atom. The molecular weight excluding hydrogens is 503 g/mol. The average Bonchev–Trinajstić information content (AvgIpc) is 3.06. The Morgan fingerprint density at radius 3 is 2.22 bits per heavy atom. The number of imide groups is 1. The van der Waals surface area contributed by atoms with Crippen LogP contribution in [0.25, 0.3) is 0 Å². The van der Waals surface area contributed by atoms with Gasteiger partial charge in [-0.3, -0.25) is 9.59 Å². The molecule has 0 spiro atoms. The lowest BCUT2D eigenvalue weighted by Crippen LogP contribution is -2.32. The summed E-state index contributed by atoms with van der Waals surface area (Å²) in [6, 6.07) is 16.3. The fraction of sp³-hybridized carbons (Fsp3) is 0.148. The van der Waals surface area contributed by atoms with Crippen LogP contribution in [0.5, 0.6) is 11.5 Å². The number of aryl methyl sites for hydroxylation is 2. The third-order valence-electron chi connectivity index (χ3n) is 5.44. The fourth-order valence-electron chi connectivity index (χ4n) is 3.71. The van der Waals surface area contributed by atoms with E-state index in [2.05, 4.69) is 5.32 Å². The van der Waals surface area contributed by atoms with Gasteiger partial charge in [0.1, 0.15) is 22.2 Å². The number of anilines is 2. The van der Waals surface area contributed by atoms with E-state index in [1.807, 2.05) is 13.8 Å². The number of hydrogen-bond donors (Lipinski definition) is 1. The maximum atomic E-state index is 13.1. The molecule has 0 saturated heterocycles. The van der Waals surface area contributed by atoms with E-state index in [0.29, 0.717) is 40.1 Å². The summed E-state index contributed by atoms with van der Waals surface area (Å²) in [6.45, 7) is 5.84. The van der Waals surface area contributed by atoms with E-state index < -0.39 is 17.8 Å². The van der Waals surface area contributed by atoms with Gasteiger partial charge in [-0.2, -0.15) is 0 Å². The Hall–Kier alpha value is -3.81. The van der Waals surface area contributed by atoms with E-state index in [-0.39, 0.29) is 10.7 Å². The highest BCUT2D eigenvalue weighted by Gasteiger charge is 2.40. The van der Waals surface area contributed by atoms with Gasteiger partial charge in [-0.05, 0) is 80.4 Å². The van der Waals surface area contributed by atoms with Crippen LogP contribution < -0.4 is 19.7 Å². The lowest BCUT2D eigenvalue weighted by Gasteiger charge is -2.18. The number of ether oxygens (including phenoxy) is 2. The molecule has 3 aromatic carbocycles. The number of esters is 1. The number of amides is 2. The van der Waals surface area contributed by atoms with Crippen molar-refractivity contribution in [1.29, 1.82) is 0 Å². The first-order chi connectivity index (χ1) is 17.2. The fourth-order valence-corrected chi connectivity index (χ4v) is 4.04. The minimum absolute atomic E-state index is 0.0737. The molecule has 1 N–H and O–H groups in total. The van der Waals surface area contributed by atoms with Crippen LogP contribution >= 0.6 is 23.2 Å². The van der Waals surface area contributed by atoms with Crippen molar-refractivity contribution in [3.05, 3.63) is 93.1 Å². The second-order valence-corrected chi connectivity index (χ2v) is 8.75. The number of rotatable bonds is 7. The van der Waals surface area contributed by atoms with Crippen LogP contribution in [0.1, 0.15) is 28.4 Å². The Morgan fingerprint density at radius 2 is 1.58 bits per heavy atom. The molecule has 2 amide bonds. The summed E-state index contributed by atoms with van der Waals surface area (Å²) in [6.07, 6.45) is 0. The highest BCUT2D eigenvalue weighted by molar-refractivity contribution is 6.53. The summed E-state index contributed by atoms with van der Waals surface area (Å²) in [5, 5.41) is 3.26. The molecule has 4 rings (SSSR count). The smallest absolute Gasteiger partial charge is 0.343 e. The molecule has 0 aliphatic carbocycles.